The Bertz CT molecular complexity index is 516. The van der Waals surface area contributed by atoms with Crippen LogP contribution in [-0.4, -0.2) is 37.2 Å². The van der Waals surface area contributed by atoms with Gasteiger partial charge in [0.25, 0.3) is 0 Å². The number of aromatic nitrogens is 5. The van der Waals surface area contributed by atoms with Gasteiger partial charge in [-0.2, -0.15) is 15.0 Å². The van der Waals surface area contributed by atoms with Crippen molar-refractivity contribution in [2.75, 3.05) is 11.9 Å². The van der Waals surface area contributed by atoms with Crippen LogP contribution in [0.2, 0.25) is 5.28 Å². The van der Waals surface area contributed by atoms with E-state index in [-0.39, 0.29) is 17.4 Å². The predicted molar refractivity (Wildman–Crippen MR) is 71.3 cm³/mol. The Balaban J connectivity index is 1.93. The average molecular weight is 283 g/mol. The molecule has 0 saturated heterocycles. The normalized spacial score (nSPS) is 10.7. The third kappa shape index (κ3) is 4.36. The molecule has 2 heterocycles. The summed E-state index contributed by atoms with van der Waals surface area (Å²) in [7, 11) is 0. The zero-order valence-electron chi connectivity index (χ0n) is 10.7. The molecule has 2 aromatic heterocycles. The van der Waals surface area contributed by atoms with Crippen molar-refractivity contribution in [2.45, 2.75) is 26.5 Å². The van der Waals surface area contributed by atoms with E-state index in [1.807, 2.05) is 24.6 Å². The van der Waals surface area contributed by atoms with Crippen molar-refractivity contribution < 1.29 is 4.74 Å². The minimum absolute atomic E-state index is 0.0164. The SMILES string of the molecule is CC(C)Oc1nc(Cl)nc(NCCn2ccnc2)n1. The summed E-state index contributed by atoms with van der Waals surface area (Å²) in [5.74, 6) is 0.399. The Morgan fingerprint density at radius 3 is 2.89 bits per heavy atom. The second-order valence-electron chi connectivity index (χ2n) is 4.10. The van der Waals surface area contributed by atoms with Crippen molar-refractivity contribution in [2.24, 2.45) is 0 Å². The Kier molecular flexibility index (Phi) is 4.51. The van der Waals surface area contributed by atoms with Crippen molar-refractivity contribution >= 4 is 17.5 Å². The van der Waals surface area contributed by atoms with Gasteiger partial charge in [-0.05, 0) is 25.4 Å². The fourth-order valence-corrected chi connectivity index (χ4v) is 1.54. The Morgan fingerprint density at radius 2 is 2.21 bits per heavy atom. The number of rotatable bonds is 6. The first-order valence-corrected chi connectivity index (χ1v) is 6.29. The summed E-state index contributed by atoms with van der Waals surface area (Å²) in [6.45, 7) is 5.19. The number of nitrogens with one attached hydrogen (secondary N) is 1. The first kappa shape index (κ1) is 13.5. The summed E-state index contributed by atoms with van der Waals surface area (Å²) in [5.41, 5.74) is 0. The summed E-state index contributed by atoms with van der Waals surface area (Å²) < 4.78 is 7.33. The lowest BCUT2D eigenvalue weighted by Crippen LogP contribution is -2.14. The number of halogens is 1. The molecule has 7 nitrogen and oxygen atoms in total. The fraction of sp³-hybridized carbons (Fsp3) is 0.455. The van der Waals surface area contributed by atoms with Crippen LogP contribution in [-0.2, 0) is 6.54 Å². The molecule has 2 aromatic rings. The summed E-state index contributed by atoms with van der Waals surface area (Å²) in [5, 5.41) is 3.17. The maximum absolute atomic E-state index is 5.81. The zero-order valence-corrected chi connectivity index (χ0v) is 11.5. The average Bonchev–Trinajstić information content (AvgIpc) is 2.80. The van der Waals surface area contributed by atoms with Crippen LogP contribution < -0.4 is 10.1 Å². The fourth-order valence-electron chi connectivity index (χ4n) is 1.39. The van der Waals surface area contributed by atoms with Crippen LogP contribution in [0.1, 0.15) is 13.8 Å². The van der Waals surface area contributed by atoms with Crippen LogP contribution in [0.25, 0.3) is 0 Å². The van der Waals surface area contributed by atoms with Crippen LogP contribution in [0.3, 0.4) is 0 Å². The first-order chi connectivity index (χ1) is 9.13. The molecule has 102 valence electrons. The molecule has 0 spiro atoms. The quantitative estimate of drug-likeness (QED) is 0.867. The number of ether oxygens (including phenoxy) is 1. The van der Waals surface area contributed by atoms with Gasteiger partial charge in [-0.3, -0.25) is 0 Å². The van der Waals surface area contributed by atoms with Gasteiger partial charge < -0.3 is 14.6 Å². The van der Waals surface area contributed by atoms with E-state index < -0.39 is 0 Å². The number of hydrogen-bond donors (Lipinski definition) is 1. The van der Waals surface area contributed by atoms with E-state index in [2.05, 4.69) is 25.3 Å². The highest BCUT2D eigenvalue weighted by Gasteiger charge is 2.07. The van der Waals surface area contributed by atoms with Gasteiger partial charge in [-0.15, -0.1) is 0 Å². The van der Waals surface area contributed by atoms with Crippen molar-refractivity contribution in [3.63, 3.8) is 0 Å². The molecule has 0 amide bonds. The Morgan fingerprint density at radius 1 is 1.37 bits per heavy atom. The molecule has 8 heteroatoms. The summed E-state index contributed by atoms with van der Waals surface area (Å²) in [4.78, 5) is 16.0. The van der Waals surface area contributed by atoms with Gasteiger partial charge in [0, 0.05) is 25.5 Å². The van der Waals surface area contributed by atoms with Crippen molar-refractivity contribution in [1.82, 2.24) is 24.5 Å². The molecule has 0 aromatic carbocycles. The van der Waals surface area contributed by atoms with Gasteiger partial charge in [0.1, 0.15) is 0 Å². The molecule has 2 rings (SSSR count). The van der Waals surface area contributed by atoms with Crippen molar-refractivity contribution in [1.29, 1.82) is 0 Å². The van der Waals surface area contributed by atoms with Gasteiger partial charge in [0.15, 0.2) is 0 Å². The summed E-state index contributed by atoms with van der Waals surface area (Å²) in [6.07, 6.45) is 5.34. The summed E-state index contributed by atoms with van der Waals surface area (Å²) >= 11 is 5.81. The van der Waals surface area contributed by atoms with Gasteiger partial charge in [-0.25, -0.2) is 4.98 Å². The largest absolute Gasteiger partial charge is 0.461 e. The topological polar surface area (TPSA) is 77.8 Å². The molecule has 1 N–H and O–H groups in total. The lowest BCUT2D eigenvalue weighted by molar-refractivity contribution is 0.222. The maximum atomic E-state index is 5.81. The molecular weight excluding hydrogens is 268 g/mol. The highest BCUT2D eigenvalue weighted by molar-refractivity contribution is 6.28. The predicted octanol–water partition coefficient (Wildman–Crippen LogP) is 1.62. The molecule has 0 bridgehead atoms. The zero-order chi connectivity index (χ0) is 13.7. The van der Waals surface area contributed by atoms with Gasteiger partial charge >= 0.3 is 6.01 Å². The van der Waals surface area contributed by atoms with E-state index in [4.69, 9.17) is 16.3 Å². The number of anilines is 1. The smallest absolute Gasteiger partial charge is 0.322 e. The molecule has 0 radical (unpaired) electrons. The second kappa shape index (κ2) is 6.33. The van der Waals surface area contributed by atoms with Gasteiger partial charge in [0.2, 0.25) is 11.2 Å². The number of nitrogens with zero attached hydrogens (tertiary/aromatic N) is 5. The highest BCUT2D eigenvalue weighted by Crippen LogP contribution is 2.12. The third-order valence-electron chi connectivity index (χ3n) is 2.14. The van der Waals surface area contributed by atoms with Crippen LogP contribution in [0.5, 0.6) is 6.01 Å². The summed E-state index contributed by atoms with van der Waals surface area (Å²) in [6, 6.07) is 0.222. The molecule has 0 atom stereocenters. The lowest BCUT2D eigenvalue weighted by Gasteiger charge is -2.09. The molecule has 0 unspecified atom stereocenters. The van der Waals surface area contributed by atoms with Crippen LogP contribution >= 0.6 is 11.6 Å². The minimum Gasteiger partial charge on any atom is -0.461 e. The molecule has 0 aliphatic heterocycles. The monoisotopic (exact) mass is 282 g/mol. The van der Waals surface area contributed by atoms with E-state index in [0.29, 0.717) is 12.5 Å². The molecule has 0 aliphatic carbocycles. The van der Waals surface area contributed by atoms with Crippen LogP contribution in [0.15, 0.2) is 18.7 Å². The molecule has 0 aliphatic rings. The Labute approximate surface area is 116 Å². The first-order valence-electron chi connectivity index (χ1n) is 5.91. The number of imidazole rings is 1. The van der Waals surface area contributed by atoms with Gasteiger partial charge in [0.05, 0.1) is 12.4 Å². The van der Waals surface area contributed by atoms with Gasteiger partial charge in [-0.1, -0.05) is 0 Å². The van der Waals surface area contributed by atoms with Crippen LogP contribution in [0.4, 0.5) is 5.95 Å². The highest BCUT2D eigenvalue weighted by atomic mass is 35.5. The van der Waals surface area contributed by atoms with E-state index in [9.17, 15) is 0 Å². The van der Waals surface area contributed by atoms with E-state index >= 15 is 0 Å². The minimum atomic E-state index is -0.0164. The van der Waals surface area contributed by atoms with E-state index in [0.717, 1.165) is 6.54 Å². The molecule has 0 saturated carbocycles. The van der Waals surface area contributed by atoms with E-state index in [1.165, 1.54) is 0 Å². The lowest BCUT2D eigenvalue weighted by atomic mass is 10.5. The maximum Gasteiger partial charge on any atom is 0.322 e. The third-order valence-corrected chi connectivity index (χ3v) is 2.31. The standard InChI is InChI=1S/C11H15ClN6O/c1-8(2)19-11-16-9(12)15-10(17-11)14-4-6-18-5-3-13-7-18/h3,5,7-8H,4,6H2,1-2H3,(H,14,15,16,17). The second-order valence-corrected chi connectivity index (χ2v) is 4.44. The molecule has 19 heavy (non-hydrogen) atoms. The number of hydrogen-bond acceptors (Lipinski definition) is 6. The van der Waals surface area contributed by atoms with Crippen molar-refractivity contribution in [3.8, 4) is 6.01 Å². The van der Waals surface area contributed by atoms with Crippen molar-refractivity contribution in [3.05, 3.63) is 24.0 Å². The van der Waals surface area contributed by atoms with Crippen LogP contribution in [0, 0.1) is 0 Å². The molecule has 0 fully saturated rings. The van der Waals surface area contributed by atoms with E-state index in [1.54, 1.807) is 12.5 Å². The Hall–Kier alpha value is -1.89. The molecular formula is C11H15ClN6O.